The maximum absolute atomic E-state index is 14.1. The third-order valence-electron chi connectivity index (χ3n) is 3.63. The van der Waals surface area contributed by atoms with Crippen LogP contribution in [0.2, 0.25) is 0 Å². The Bertz CT molecular complexity index is 739. The second-order valence-corrected chi connectivity index (χ2v) is 5.05. The molecular weight excluding hydrogens is 298 g/mol. The predicted molar refractivity (Wildman–Crippen MR) is 72.7 cm³/mol. The first kappa shape index (κ1) is 14.6. The molecule has 1 aliphatic carbocycles. The summed E-state index contributed by atoms with van der Waals surface area (Å²) >= 11 is 0. The SMILES string of the molecule is O=C(NCC(F)(F)F)C1c2ccccc2-c2cccc(F)c21. The van der Waals surface area contributed by atoms with Gasteiger partial charge in [0.05, 0.1) is 5.92 Å². The van der Waals surface area contributed by atoms with Crippen molar-refractivity contribution in [2.75, 3.05) is 6.54 Å². The highest BCUT2D eigenvalue weighted by atomic mass is 19.4. The zero-order valence-electron chi connectivity index (χ0n) is 11.2. The number of carbonyl (C=O) groups is 1. The molecule has 2 nitrogen and oxygen atoms in total. The molecule has 0 aliphatic heterocycles. The Hall–Kier alpha value is -2.37. The number of halogens is 4. The standard InChI is InChI=1S/C16H11F4NO/c17-12-7-3-6-10-9-4-1-2-5-11(9)14(13(10)12)15(22)21-8-16(18,19)20/h1-7,14H,8H2,(H,21,22). The molecule has 2 aromatic rings. The Morgan fingerprint density at radius 3 is 2.45 bits per heavy atom. The smallest absolute Gasteiger partial charge is 0.346 e. The van der Waals surface area contributed by atoms with Crippen LogP contribution in [0.15, 0.2) is 42.5 Å². The molecule has 114 valence electrons. The fourth-order valence-electron chi connectivity index (χ4n) is 2.78. The lowest BCUT2D eigenvalue weighted by molar-refractivity contribution is -0.138. The van der Waals surface area contributed by atoms with Gasteiger partial charge in [-0.1, -0.05) is 36.4 Å². The van der Waals surface area contributed by atoms with Crippen LogP contribution in [0.25, 0.3) is 11.1 Å². The fraction of sp³-hybridized carbons (Fsp3) is 0.188. The third kappa shape index (κ3) is 2.45. The zero-order chi connectivity index (χ0) is 15.9. The number of alkyl halides is 3. The van der Waals surface area contributed by atoms with Gasteiger partial charge in [0.25, 0.3) is 0 Å². The molecule has 0 heterocycles. The van der Waals surface area contributed by atoms with E-state index < -0.39 is 30.4 Å². The van der Waals surface area contributed by atoms with Crippen molar-refractivity contribution < 1.29 is 22.4 Å². The van der Waals surface area contributed by atoms with Crippen LogP contribution in [-0.2, 0) is 4.79 Å². The van der Waals surface area contributed by atoms with E-state index in [0.717, 1.165) is 0 Å². The summed E-state index contributed by atoms with van der Waals surface area (Å²) in [5.74, 6) is -2.51. The average molecular weight is 309 g/mol. The van der Waals surface area contributed by atoms with Crippen molar-refractivity contribution in [2.45, 2.75) is 12.1 Å². The minimum Gasteiger partial charge on any atom is -0.346 e. The molecule has 0 saturated heterocycles. The number of fused-ring (bicyclic) bond motifs is 3. The van der Waals surface area contributed by atoms with Crippen molar-refractivity contribution in [1.82, 2.24) is 5.32 Å². The summed E-state index contributed by atoms with van der Waals surface area (Å²) in [6.07, 6.45) is -4.51. The molecule has 1 aliphatic rings. The Balaban J connectivity index is 2.03. The number of carbonyl (C=O) groups excluding carboxylic acids is 1. The quantitative estimate of drug-likeness (QED) is 0.844. The first-order valence-corrected chi connectivity index (χ1v) is 6.60. The van der Waals surface area contributed by atoms with Crippen molar-refractivity contribution >= 4 is 5.91 Å². The highest BCUT2D eigenvalue weighted by Gasteiger charge is 2.37. The Labute approximate surface area is 123 Å². The first-order chi connectivity index (χ1) is 10.4. The van der Waals surface area contributed by atoms with Gasteiger partial charge in [-0.2, -0.15) is 13.2 Å². The minimum atomic E-state index is -4.51. The monoisotopic (exact) mass is 309 g/mol. The molecule has 0 fully saturated rings. The molecule has 0 aromatic heterocycles. The molecule has 0 saturated carbocycles. The van der Waals surface area contributed by atoms with Gasteiger partial charge in [-0.25, -0.2) is 4.39 Å². The topological polar surface area (TPSA) is 29.1 Å². The molecule has 1 unspecified atom stereocenters. The Morgan fingerprint density at radius 1 is 1.05 bits per heavy atom. The Kier molecular flexibility index (Phi) is 3.39. The van der Waals surface area contributed by atoms with Crippen molar-refractivity contribution in [3.8, 4) is 11.1 Å². The highest BCUT2D eigenvalue weighted by Crippen LogP contribution is 2.45. The molecule has 1 amide bonds. The van der Waals surface area contributed by atoms with E-state index in [1.807, 2.05) is 5.32 Å². The predicted octanol–water partition coefficient (Wildman–Crippen LogP) is 3.62. The van der Waals surface area contributed by atoms with Crippen LogP contribution in [0, 0.1) is 5.82 Å². The van der Waals surface area contributed by atoms with Gasteiger partial charge in [-0.05, 0) is 22.8 Å². The van der Waals surface area contributed by atoms with Crippen molar-refractivity contribution in [1.29, 1.82) is 0 Å². The molecule has 0 spiro atoms. The van der Waals surface area contributed by atoms with Crippen molar-refractivity contribution in [3.05, 3.63) is 59.4 Å². The van der Waals surface area contributed by atoms with Crippen LogP contribution < -0.4 is 5.32 Å². The van der Waals surface area contributed by atoms with E-state index in [9.17, 15) is 22.4 Å². The van der Waals surface area contributed by atoms with Crippen LogP contribution in [0.5, 0.6) is 0 Å². The normalized spacial score (nSPS) is 16.1. The maximum atomic E-state index is 14.1. The highest BCUT2D eigenvalue weighted by molar-refractivity contribution is 5.96. The number of rotatable bonds is 2. The summed E-state index contributed by atoms with van der Waals surface area (Å²) in [7, 11) is 0. The van der Waals surface area contributed by atoms with E-state index >= 15 is 0 Å². The third-order valence-corrected chi connectivity index (χ3v) is 3.63. The van der Waals surface area contributed by atoms with Gasteiger partial charge in [0.1, 0.15) is 12.4 Å². The van der Waals surface area contributed by atoms with Gasteiger partial charge in [-0.3, -0.25) is 4.79 Å². The lowest BCUT2D eigenvalue weighted by atomic mass is 9.95. The van der Waals surface area contributed by atoms with Gasteiger partial charge < -0.3 is 5.32 Å². The van der Waals surface area contributed by atoms with E-state index in [0.29, 0.717) is 16.7 Å². The second-order valence-electron chi connectivity index (χ2n) is 5.05. The van der Waals surface area contributed by atoms with Gasteiger partial charge in [0.2, 0.25) is 5.91 Å². The summed E-state index contributed by atoms with van der Waals surface area (Å²) in [5, 5.41) is 1.84. The minimum absolute atomic E-state index is 0.128. The molecule has 22 heavy (non-hydrogen) atoms. The van der Waals surface area contributed by atoms with E-state index in [-0.39, 0.29) is 5.56 Å². The molecule has 0 bridgehead atoms. The zero-order valence-corrected chi connectivity index (χ0v) is 11.2. The van der Waals surface area contributed by atoms with Crippen molar-refractivity contribution in [2.24, 2.45) is 0 Å². The first-order valence-electron chi connectivity index (χ1n) is 6.60. The lowest BCUT2D eigenvalue weighted by Gasteiger charge is -2.15. The van der Waals surface area contributed by atoms with E-state index in [2.05, 4.69) is 0 Å². The van der Waals surface area contributed by atoms with Gasteiger partial charge in [0, 0.05) is 5.56 Å². The van der Waals surface area contributed by atoms with Crippen molar-refractivity contribution in [3.63, 3.8) is 0 Å². The number of benzene rings is 2. The van der Waals surface area contributed by atoms with Gasteiger partial charge >= 0.3 is 6.18 Å². The summed E-state index contributed by atoms with van der Waals surface area (Å²) < 4.78 is 51.0. The Morgan fingerprint density at radius 2 is 1.73 bits per heavy atom. The number of hydrogen-bond acceptors (Lipinski definition) is 1. The van der Waals surface area contributed by atoms with Gasteiger partial charge in [-0.15, -0.1) is 0 Å². The molecule has 1 atom stereocenters. The van der Waals surface area contributed by atoms with E-state index in [4.69, 9.17) is 0 Å². The lowest BCUT2D eigenvalue weighted by Crippen LogP contribution is -2.36. The average Bonchev–Trinajstić information content (AvgIpc) is 2.80. The van der Waals surface area contributed by atoms with E-state index in [1.54, 1.807) is 30.3 Å². The van der Waals surface area contributed by atoms with Crippen LogP contribution in [0.1, 0.15) is 17.0 Å². The summed E-state index contributed by atoms with van der Waals surface area (Å²) in [6.45, 7) is -1.44. The van der Waals surface area contributed by atoms with Crippen LogP contribution >= 0.6 is 0 Å². The van der Waals surface area contributed by atoms with E-state index in [1.165, 1.54) is 12.1 Å². The van der Waals surface area contributed by atoms with Crippen LogP contribution in [0.4, 0.5) is 17.6 Å². The number of nitrogens with one attached hydrogen (secondary N) is 1. The number of hydrogen-bond donors (Lipinski definition) is 1. The van der Waals surface area contributed by atoms with Crippen LogP contribution in [0.3, 0.4) is 0 Å². The van der Waals surface area contributed by atoms with Gasteiger partial charge in [0.15, 0.2) is 0 Å². The second kappa shape index (κ2) is 5.12. The number of amides is 1. The molecular formula is C16H11F4NO. The largest absolute Gasteiger partial charge is 0.405 e. The summed E-state index contributed by atoms with van der Waals surface area (Å²) in [6, 6.07) is 11.2. The molecule has 2 aromatic carbocycles. The summed E-state index contributed by atoms with van der Waals surface area (Å²) in [4.78, 5) is 12.2. The summed E-state index contributed by atoms with van der Waals surface area (Å²) in [5.41, 5.74) is 1.86. The fourth-order valence-corrected chi connectivity index (χ4v) is 2.78. The molecule has 1 N–H and O–H groups in total. The molecule has 6 heteroatoms. The molecule has 3 rings (SSSR count). The molecule has 0 radical (unpaired) electrons. The van der Waals surface area contributed by atoms with Crippen LogP contribution in [-0.4, -0.2) is 18.6 Å². The maximum Gasteiger partial charge on any atom is 0.405 e.